The molecule has 0 aliphatic carbocycles. The third-order valence-corrected chi connectivity index (χ3v) is 7.68. The molecule has 3 unspecified atom stereocenters. The molecule has 1 aromatic carbocycles. The molecule has 38 heavy (non-hydrogen) atoms. The van der Waals surface area contributed by atoms with Crippen molar-refractivity contribution in [2.45, 2.75) is 59.0 Å². The van der Waals surface area contributed by atoms with Crippen LogP contribution in [-0.2, 0) is 19.2 Å². The van der Waals surface area contributed by atoms with Crippen LogP contribution in [0, 0.1) is 5.92 Å². The zero-order valence-electron chi connectivity index (χ0n) is 23.2. The standard InChI is InChI=1S/C28H41N5O5/c1-6-31(7-2)22-10-8-21(9-11-22)28(38)29-14-12-19(3)16-25(36)32-15-13-23-27(32)24(35)17-33(23)26(37)18-30(5)20(4)34/h8-11,19,23,27H,6-7,12-18H2,1-5H3,(H,29,38). The maximum Gasteiger partial charge on any atom is 0.251 e. The van der Waals surface area contributed by atoms with E-state index in [-0.39, 0.29) is 60.9 Å². The van der Waals surface area contributed by atoms with Gasteiger partial charge in [0.15, 0.2) is 5.78 Å². The van der Waals surface area contributed by atoms with Crippen molar-refractivity contribution in [3.8, 4) is 0 Å². The Morgan fingerprint density at radius 1 is 1.05 bits per heavy atom. The van der Waals surface area contributed by atoms with Crippen LogP contribution < -0.4 is 10.2 Å². The Balaban J connectivity index is 1.46. The summed E-state index contributed by atoms with van der Waals surface area (Å²) >= 11 is 0. The number of fused-ring (bicyclic) bond motifs is 1. The number of benzene rings is 1. The quantitative estimate of drug-likeness (QED) is 0.468. The lowest BCUT2D eigenvalue weighted by atomic mass is 10.0. The van der Waals surface area contributed by atoms with Crippen LogP contribution in [-0.4, -0.2) is 103 Å². The van der Waals surface area contributed by atoms with Crippen LogP contribution in [0.25, 0.3) is 0 Å². The van der Waals surface area contributed by atoms with Crippen molar-refractivity contribution in [2.24, 2.45) is 5.92 Å². The third kappa shape index (κ3) is 6.71. The smallest absolute Gasteiger partial charge is 0.251 e. The number of hydrogen-bond acceptors (Lipinski definition) is 6. The third-order valence-electron chi connectivity index (χ3n) is 7.68. The fourth-order valence-corrected chi connectivity index (χ4v) is 5.29. The zero-order valence-corrected chi connectivity index (χ0v) is 23.2. The predicted molar refractivity (Wildman–Crippen MR) is 145 cm³/mol. The van der Waals surface area contributed by atoms with Crippen molar-refractivity contribution in [1.29, 1.82) is 0 Å². The largest absolute Gasteiger partial charge is 0.372 e. The maximum atomic E-state index is 13.1. The molecule has 10 heteroatoms. The minimum absolute atomic E-state index is 0.0188. The van der Waals surface area contributed by atoms with Crippen molar-refractivity contribution in [1.82, 2.24) is 20.0 Å². The van der Waals surface area contributed by atoms with Crippen LogP contribution in [0.1, 0.15) is 57.3 Å². The molecule has 2 saturated heterocycles. The molecule has 2 aliphatic rings. The van der Waals surface area contributed by atoms with Gasteiger partial charge in [-0.15, -0.1) is 0 Å². The first-order valence-electron chi connectivity index (χ1n) is 13.5. The molecule has 4 amide bonds. The molecule has 0 aromatic heterocycles. The van der Waals surface area contributed by atoms with Gasteiger partial charge < -0.3 is 24.9 Å². The summed E-state index contributed by atoms with van der Waals surface area (Å²) in [7, 11) is 1.55. The van der Waals surface area contributed by atoms with Crippen molar-refractivity contribution in [3.05, 3.63) is 29.8 Å². The average molecular weight is 528 g/mol. The molecule has 1 aromatic rings. The summed E-state index contributed by atoms with van der Waals surface area (Å²) in [5.41, 5.74) is 1.68. The lowest BCUT2D eigenvalue weighted by molar-refractivity contribution is -0.139. The number of ketones is 1. The molecule has 2 fully saturated rings. The van der Waals surface area contributed by atoms with E-state index >= 15 is 0 Å². The minimum Gasteiger partial charge on any atom is -0.372 e. The second kappa shape index (κ2) is 12.9. The Morgan fingerprint density at radius 3 is 2.32 bits per heavy atom. The van der Waals surface area contributed by atoms with Gasteiger partial charge in [-0.05, 0) is 56.9 Å². The number of carbonyl (C=O) groups is 5. The summed E-state index contributed by atoms with van der Waals surface area (Å²) in [5, 5.41) is 2.93. The van der Waals surface area contributed by atoms with Crippen molar-refractivity contribution >= 4 is 35.1 Å². The van der Waals surface area contributed by atoms with Gasteiger partial charge in [0.05, 0.1) is 19.1 Å². The predicted octanol–water partition coefficient (Wildman–Crippen LogP) is 1.54. The van der Waals surface area contributed by atoms with Gasteiger partial charge in [0.1, 0.15) is 6.04 Å². The van der Waals surface area contributed by atoms with Gasteiger partial charge in [0.25, 0.3) is 5.91 Å². The van der Waals surface area contributed by atoms with Gasteiger partial charge in [-0.2, -0.15) is 0 Å². The van der Waals surface area contributed by atoms with Crippen molar-refractivity contribution in [2.75, 3.05) is 51.2 Å². The summed E-state index contributed by atoms with van der Waals surface area (Å²) in [5.74, 6) is -0.857. The second-order valence-electron chi connectivity index (χ2n) is 10.3. The van der Waals surface area contributed by atoms with Crippen LogP contribution >= 0.6 is 0 Å². The molecule has 208 valence electrons. The molecule has 0 bridgehead atoms. The van der Waals surface area contributed by atoms with Gasteiger partial charge in [-0.3, -0.25) is 24.0 Å². The Kier molecular flexibility index (Phi) is 9.88. The average Bonchev–Trinajstić information content (AvgIpc) is 3.46. The summed E-state index contributed by atoms with van der Waals surface area (Å²) in [4.78, 5) is 69.2. The molecule has 2 aliphatic heterocycles. The number of anilines is 1. The van der Waals surface area contributed by atoms with E-state index in [0.29, 0.717) is 31.5 Å². The fraction of sp³-hybridized carbons (Fsp3) is 0.607. The van der Waals surface area contributed by atoms with E-state index in [1.54, 1.807) is 11.9 Å². The van der Waals surface area contributed by atoms with E-state index in [2.05, 4.69) is 24.1 Å². The maximum absolute atomic E-state index is 13.1. The lowest BCUT2D eigenvalue weighted by Crippen LogP contribution is -2.45. The van der Waals surface area contributed by atoms with Gasteiger partial charge in [0, 0.05) is 57.8 Å². The summed E-state index contributed by atoms with van der Waals surface area (Å²) < 4.78 is 0. The van der Waals surface area contributed by atoms with E-state index in [0.717, 1.165) is 18.8 Å². The number of amides is 4. The number of carbonyl (C=O) groups excluding carboxylic acids is 5. The van der Waals surface area contributed by atoms with Gasteiger partial charge in [-0.1, -0.05) is 6.92 Å². The topological polar surface area (TPSA) is 110 Å². The molecule has 3 atom stereocenters. The second-order valence-corrected chi connectivity index (χ2v) is 10.3. The monoisotopic (exact) mass is 527 g/mol. The Bertz CT molecular complexity index is 1040. The SMILES string of the molecule is CCN(CC)c1ccc(C(=O)NCCC(C)CC(=O)N2CCC3C2C(=O)CN3C(=O)CN(C)C(C)=O)cc1. The minimum atomic E-state index is -0.611. The van der Waals surface area contributed by atoms with Gasteiger partial charge in [-0.25, -0.2) is 0 Å². The number of likely N-dealkylation sites (tertiary alicyclic amines) is 2. The van der Waals surface area contributed by atoms with E-state index in [4.69, 9.17) is 0 Å². The Labute approximate surface area is 225 Å². The first-order chi connectivity index (χ1) is 18.1. The van der Waals surface area contributed by atoms with Crippen LogP contribution in [0.15, 0.2) is 24.3 Å². The molecule has 0 radical (unpaired) electrons. The zero-order chi connectivity index (χ0) is 28.0. The molecular formula is C28H41N5O5. The highest BCUT2D eigenvalue weighted by Gasteiger charge is 2.51. The summed E-state index contributed by atoms with van der Waals surface area (Å²) in [6.45, 7) is 10.1. The number of likely N-dealkylation sites (N-methyl/N-ethyl adjacent to an activating group) is 1. The van der Waals surface area contributed by atoms with E-state index < -0.39 is 6.04 Å². The van der Waals surface area contributed by atoms with Crippen LogP contribution in [0.5, 0.6) is 0 Å². The van der Waals surface area contributed by atoms with Crippen LogP contribution in [0.4, 0.5) is 5.69 Å². The first kappa shape index (κ1) is 29.1. The highest BCUT2D eigenvalue weighted by molar-refractivity contribution is 5.98. The fourth-order valence-electron chi connectivity index (χ4n) is 5.29. The molecule has 0 saturated carbocycles. The molecule has 2 heterocycles. The van der Waals surface area contributed by atoms with Crippen molar-refractivity contribution in [3.63, 3.8) is 0 Å². The Hall–Kier alpha value is -3.43. The van der Waals surface area contributed by atoms with Gasteiger partial charge in [0.2, 0.25) is 17.7 Å². The Morgan fingerprint density at radius 2 is 1.71 bits per heavy atom. The number of nitrogens with zero attached hydrogens (tertiary/aromatic N) is 4. The molecule has 3 rings (SSSR count). The van der Waals surface area contributed by atoms with E-state index in [1.165, 1.54) is 16.7 Å². The van der Waals surface area contributed by atoms with Gasteiger partial charge >= 0.3 is 0 Å². The van der Waals surface area contributed by atoms with E-state index in [9.17, 15) is 24.0 Å². The van der Waals surface area contributed by atoms with E-state index in [1.807, 2.05) is 31.2 Å². The number of nitrogens with one attached hydrogen (secondary N) is 1. The highest BCUT2D eigenvalue weighted by atomic mass is 16.2. The summed E-state index contributed by atoms with van der Waals surface area (Å²) in [6.07, 6.45) is 1.45. The normalized spacial score (nSPS) is 19.2. The first-order valence-corrected chi connectivity index (χ1v) is 13.5. The lowest BCUT2D eigenvalue weighted by Gasteiger charge is -2.26. The molecule has 0 spiro atoms. The highest BCUT2D eigenvalue weighted by Crippen LogP contribution is 2.31. The summed E-state index contributed by atoms with van der Waals surface area (Å²) in [6, 6.07) is 6.61. The molecular weight excluding hydrogens is 486 g/mol. The van der Waals surface area contributed by atoms with Crippen LogP contribution in [0.3, 0.4) is 0 Å². The number of hydrogen-bond donors (Lipinski definition) is 1. The number of rotatable bonds is 11. The number of Topliss-reactive ketones (excluding diaryl/α,β-unsaturated/α-hetero) is 1. The molecule has 1 N–H and O–H groups in total. The molecule has 10 nitrogen and oxygen atoms in total. The van der Waals surface area contributed by atoms with Crippen LogP contribution in [0.2, 0.25) is 0 Å². The van der Waals surface area contributed by atoms with Crippen molar-refractivity contribution < 1.29 is 24.0 Å².